The van der Waals surface area contributed by atoms with Crippen molar-refractivity contribution in [3.63, 3.8) is 0 Å². The number of rotatable bonds is 8. The van der Waals surface area contributed by atoms with E-state index in [1.807, 2.05) is 24.3 Å². The number of phenolic OH excluding ortho intramolecular Hbond substituents is 1. The van der Waals surface area contributed by atoms with Gasteiger partial charge in [-0.15, -0.1) is 15.0 Å². The van der Waals surface area contributed by atoms with Crippen LogP contribution in [0.25, 0.3) is 16.7 Å². The summed E-state index contributed by atoms with van der Waals surface area (Å²) in [6.45, 7) is 11.1. The van der Waals surface area contributed by atoms with Crippen LogP contribution in [0.5, 0.6) is 17.2 Å². The van der Waals surface area contributed by atoms with Gasteiger partial charge in [-0.1, -0.05) is 38.1 Å². The lowest BCUT2D eigenvalue weighted by Crippen LogP contribution is -2.14. The van der Waals surface area contributed by atoms with E-state index in [2.05, 4.69) is 50.9 Å². The Labute approximate surface area is 186 Å². The first-order valence-corrected chi connectivity index (χ1v) is 11.7. The topological polar surface area (TPSA) is 69.4 Å². The summed E-state index contributed by atoms with van der Waals surface area (Å²) in [4.78, 5) is 1.47. The van der Waals surface area contributed by atoms with Crippen molar-refractivity contribution in [2.24, 2.45) is 0 Å². The lowest BCUT2D eigenvalue weighted by atomic mass is 9.86. The Morgan fingerprint density at radius 2 is 1.87 bits per heavy atom. The average Bonchev–Trinajstić information content (AvgIpc) is 3.16. The summed E-state index contributed by atoms with van der Waals surface area (Å²) in [5.41, 5.74) is 2.46. The molecule has 0 aliphatic heterocycles. The normalized spacial score (nSPS) is 12.4. The zero-order chi connectivity index (χ0) is 22.6. The van der Waals surface area contributed by atoms with E-state index in [9.17, 15) is 5.11 Å². The Morgan fingerprint density at radius 1 is 1.13 bits per heavy atom. The number of nitrogens with zero attached hydrogens (tertiary/aromatic N) is 3. The van der Waals surface area contributed by atoms with Gasteiger partial charge in [0.15, 0.2) is 0 Å². The molecule has 3 rings (SSSR count). The molecule has 0 amide bonds. The molecule has 1 heterocycles. The number of methoxy groups -OCH3 is 1. The fraction of sp³-hybridized carbons (Fsp3) is 0.417. The minimum atomic E-state index is -0.265. The van der Waals surface area contributed by atoms with Crippen molar-refractivity contribution in [3.8, 4) is 22.9 Å². The van der Waals surface area contributed by atoms with Crippen LogP contribution in [0.15, 0.2) is 41.6 Å². The van der Waals surface area contributed by atoms with Crippen LogP contribution < -0.4 is 9.47 Å². The molecule has 0 atom stereocenters. The molecule has 164 valence electrons. The number of hydrogen-bond acceptors (Lipinski definition) is 5. The quantitative estimate of drug-likeness (QED) is 0.385. The Hall–Kier alpha value is -2.80. The van der Waals surface area contributed by atoms with Gasteiger partial charge in [0.05, 0.1) is 23.2 Å². The Bertz CT molecular complexity index is 1080. The molecule has 6 nitrogen and oxygen atoms in total. The Morgan fingerprint density at radius 3 is 2.55 bits per heavy atom. The van der Waals surface area contributed by atoms with Gasteiger partial charge in [-0.2, -0.15) is 0 Å². The van der Waals surface area contributed by atoms with E-state index < -0.39 is 0 Å². The van der Waals surface area contributed by atoms with Crippen molar-refractivity contribution in [1.29, 1.82) is 0 Å². The summed E-state index contributed by atoms with van der Waals surface area (Å²) in [6, 6.07) is 10.4. The minimum Gasteiger partial charge on any atom is -0.505 e. The monoisotopic (exact) mass is 437 g/mol. The van der Waals surface area contributed by atoms with Crippen molar-refractivity contribution in [1.82, 2.24) is 15.0 Å². The third-order valence-electron chi connectivity index (χ3n) is 5.10. The van der Waals surface area contributed by atoms with Crippen LogP contribution in [0.1, 0.15) is 46.6 Å². The van der Waals surface area contributed by atoms with Crippen molar-refractivity contribution in [2.75, 3.05) is 13.7 Å². The zero-order valence-electron chi connectivity index (χ0n) is 19.2. The minimum absolute atomic E-state index is 0.164. The lowest BCUT2D eigenvalue weighted by molar-refractivity contribution is 0.315. The van der Waals surface area contributed by atoms with E-state index in [1.54, 1.807) is 13.2 Å². The number of hydrogen-bond donors (Lipinski definition) is 1. The zero-order valence-corrected chi connectivity index (χ0v) is 20.2. The van der Waals surface area contributed by atoms with Gasteiger partial charge < -0.3 is 14.6 Å². The van der Waals surface area contributed by atoms with E-state index in [-0.39, 0.29) is 11.2 Å². The maximum atomic E-state index is 11.0. The van der Waals surface area contributed by atoms with Crippen LogP contribution in [0, 0.1) is 0 Å². The first-order valence-electron chi connectivity index (χ1n) is 10.5. The predicted octanol–water partition coefficient (Wildman–Crippen LogP) is 5.25. The van der Waals surface area contributed by atoms with Crippen molar-refractivity contribution in [3.05, 3.63) is 47.2 Å². The second-order valence-corrected chi connectivity index (χ2v) is 10.2. The number of aromatic hydroxyl groups is 1. The molecule has 31 heavy (non-hydrogen) atoms. The second kappa shape index (κ2) is 9.56. The van der Waals surface area contributed by atoms with Gasteiger partial charge in [0.25, 0.3) is 0 Å². The summed E-state index contributed by atoms with van der Waals surface area (Å²) in [6.07, 6.45) is 3.15. The van der Waals surface area contributed by atoms with Crippen molar-refractivity contribution >= 4 is 20.6 Å². The molecular weight excluding hydrogens is 406 g/mol. The van der Waals surface area contributed by atoms with Crippen LogP contribution in [0.4, 0.5) is 0 Å². The molecule has 0 spiro atoms. The summed E-state index contributed by atoms with van der Waals surface area (Å²) >= 11 is 0. The van der Waals surface area contributed by atoms with Crippen LogP contribution in [0.3, 0.4) is 0 Å². The second-order valence-electron chi connectivity index (χ2n) is 8.53. The number of benzene rings is 2. The Balaban J connectivity index is 1.91. The maximum Gasteiger partial charge on any atom is 0.147 e. The van der Waals surface area contributed by atoms with Gasteiger partial charge >= 0.3 is 0 Å². The molecule has 0 unspecified atom stereocenters. The number of fused-ring (bicyclic) bond motifs is 1. The molecule has 0 saturated heterocycles. The van der Waals surface area contributed by atoms with Gasteiger partial charge in [0.1, 0.15) is 34.0 Å². The summed E-state index contributed by atoms with van der Waals surface area (Å²) in [5.74, 6) is 1.59. The molecule has 2 aromatic carbocycles. The predicted molar refractivity (Wildman–Crippen MR) is 126 cm³/mol. The highest BCUT2D eigenvalue weighted by Gasteiger charge is 2.24. The summed E-state index contributed by atoms with van der Waals surface area (Å²) in [5, 5.41) is 21.6. The number of aromatic nitrogens is 3. The van der Waals surface area contributed by atoms with E-state index in [0.29, 0.717) is 29.3 Å². The molecule has 7 heteroatoms. The van der Waals surface area contributed by atoms with Crippen molar-refractivity contribution in [2.45, 2.75) is 52.5 Å². The first-order chi connectivity index (χ1) is 14.7. The van der Waals surface area contributed by atoms with Crippen LogP contribution >= 0.6 is 0 Å². The third kappa shape index (κ3) is 5.47. The molecule has 0 aliphatic carbocycles. The number of allylic oxidation sites excluding steroid dienone is 2. The van der Waals surface area contributed by atoms with Crippen LogP contribution in [-0.2, 0) is 5.41 Å². The smallest absolute Gasteiger partial charge is 0.147 e. The van der Waals surface area contributed by atoms with Crippen molar-refractivity contribution < 1.29 is 14.6 Å². The van der Waals surface area contributed by atoms with Crippen LogP contribution in [-0.4, -0.2) is 43.3 Å². The maximum absolute atomic E-state index is 11.0. The fourth-order valence-electron chi connectivity index (χ4n) is 3.18. The summed E-state index contributed by atoms with van der Waals surface area (Å²) < 4.78 is 11.4. The standard InChI is InChI=1S/C24H31N3O3Si/c1-7-16(2)31-12-8-11-30-18-13-19(24(3,4)5)23(28)22(15-18)27-25-20-10-9-17(29-6)14-21(20)26-27/h7,9-10,13-15,28H,8,11-12H2,1-6H3/b16-7+. The van der Waals surface area contributed by atoms with Gasteiger partial charge in [-0.05, 0) is 43.9 Å². The molecular formula is C24H31N3O3Si. The fourth-order valence-corrected chi connectivity index (χ4v) is 4.10. The molecule has 1 aromatic heterocycles. The van der Waals surface area contributed by atoms with E-state index in [1.165, 1.54) is 9.99 Å². The largest absolute Gasteiger partial charge is 0.505 e. The van der Waals surface area contributed by atoms with Gasteiger partial charge in [0, 0.05) is 17.7 Å². The SMILES string of the molecule is C/C=C(\C)[Si]CCCOc1cc(-n2nc3ccc(OC)cc3n2)c(O)c(C(C)(C)C)c1. The number of ether oxygens (including phenoxy) is 2. The molecule has 0 bridgehead atoms. The molecule has 0 saturated carbocycles. The molecule has 2 radical (unpaired) electrons. The highest BCUT2D eigenvalue weighted by molar-refractivity contribution is 6.44. The molecule has 3 aromatic rings. The average molecular weight is 438 g/mol. The van der Waals surface area contributed by atoms with Crippen LogP contribution in [0.2, 0.25) is 6.04 Å². The molecule has 0 aliphatic rings. The molecule has 1 N–H and O–H groups in total. The lowest BCUT2D eigenvalue weighted by Gasteiger charge is -2.23. The summed E-state index contributed by atoms with van der Waals surface area (Å²) in [7, 11) is 2.45. The van der Waals surface area contributed by atoms with Gasteiger partial charge in [0.2, 0.25) is 0 Å². The highest BCUT2D eigenvalue weighted by Crippen LogP contribution is 2.38. The first kappa shape index (κ1) is 22.9. The Kier molecular flexibility index (Phi) is 7.05. The van der Waals surface area contributed by atoms with Gasteiger partial charge in [-0.3, -0.25) is 0 Å². The van der Waals surface area contributed by atoms with Gasteiger partial charge in [-0.25, -0.2) is 0 Å². The van der Waals surface area contributed by atoms with E-state index in [0.717, 1.165) is 33.1 Å². The molecule has 0 fully saturated rings. The van der Waals surface area contributed by atoms with E-state index in [4.69, 9.17) is 9.47 Å². The highest BCUT2D eigenvalue weighted by atomic mass is 28.2. The number of phenols is 1. The van der Waals surface area contributed by atoms with E-state index >= 15 is 0 Å². The third-order valence-corrected chi connectivity index (χ3v) is 6.55.